The Hall–Kier alpha value is -2.04. The molecule has 0 fully saturated rings. The summed E-state index contributed by atoms with van der Waals surface area (Å²) in [7, 11) is 3.56. The van der Waals surface area contributed by atoms with Gasteiger partial charge in [-0.1, -0.05) is 25.5 Å². The van der Waals surface area contributed by atoms with Crippen molar-refractivity contribution in [1.82, 2.24) is 9.80 Å². The lowest BCUT2D eigenvalue weighted by Crippen LogP contribution is -2.43. The van der Waals surface area contributed by atoms with Gasteiger partial charge in [0.2, 0.25) is 0 Å². The molecule has 5 nitrogen and oxygen atoms in total. The van der Waals surface area contributed by atoms with Gasteiger partial charge in [-0.3, -0.25) is 0 Å². The Kier molecular flexibility index (Phi) is 6.21. The lowest BCUT2D eigenvalue weighted by Gasteiger charge is -2.29. The summed E-state index contributed by atoms with van der Waals surface area (Å²) in [6.07, 6.45) is 2.02. The molecule has 0 aromatic heterocycles. The molecule has 1 unspecified atom stereocenters. The van der Waals surface area contributed by atoms with E-state index in [-0.39, 0.29) is 17.6 Å². The van der Waals surface area contributed by atoms with Gasteiger partial charge < -0.3 is 14.9 Å². The number of urea groups is 1. The number of carbonyl (C=O) groups is 2. The van der Waals surface area contributed by atoms with Crippen molar-refractivity contribution in [3.05, 3.63) is 35.4 Å². The molecule has 0 bridgehead atoms. The maximum Gasteiger partial charge on any atom is 0.335 e. The van der Waals surface area contributed by atoms with Crippen molar-refractivity contribution in [2.45, 2.75) is 39.3 Å². The highest BCUT2D eigenvalue weighted by atomic mass is 16.4. The number of hydrogen-bond donors (Lipinski definition) is 1. The maximum absolute atomic E-state index is 12.3. The van der Waals surface area contributed by atoms with Gasteiger partial charge in [0.1, 0.15) is 0 Å². The Morgan fingerprint density at radius 1 is 1.19 bits per heavy atom. The van der Waals surface area contributed by atoms with Gasteiger partial charge in [-0.2, -0.15) is 0 Å². The molecular formula is C16H24N2O3. The zero-order valence-corrected chi connectivity index (χ0v) is 13.2. The van der Waals surface area contributed by atoms with Crippen LogP contribution in [0.3, 0.4) is 0 Å². The molecule has 0 heterocycles. The lowest BCUT2D eigenvalue weighted by molar-refractivity contribution is 0.0696. The largest absolute Gasteiger partial charge is 0.478 e. The highest BCUT2D eigenvalue weighted by molar-refractivity contribution is 5.87. The third kappa shape index (κ3) is 4.77. The molecular weight excluding hydrogens is 268 g/mol. The number of rotatable bonds is 6. The molecule has 1 atom stereocenters. The summed E-state index contributed by atoms with van der Waals surface area (Å²) in [6.45, 7) is 4.60. The van der Waals surface area contributed by atoms with Crippen LogP contribution in [0.4, 0.5) is 4.79 Å². The van der Waals surface area contributed by atoms with Crippen LogP contribution in [0.1, 0.15) is 42.6 Å². The van der Waals surface area contributed by atoms with Crippen LogP contribution in [0.25, 0.3) is 0 Å². The number of nitrogens with zero attached hydrogens (tertiary/aromatic N) is 2. The first kappa shape index (κ1) is 17.0. The molecule has 2 amide bonds. The van der Waals surface area contributed by atoms with E-state index in [1.807, 2.05) is 14.0 Å². The van der Waals surface area contributed by atoms with Crippen molar-refractivity contribution in [3.8, 4) is 0 Å². The lowest BCUT2D eigenvalue weighted by atomic mass is 10.1. The van der Waals surface area contributed by atoms with E-state index in [0.29, 0.717) is 6.54 Å². The molecule has 1 N–H and O–H groups in total. The summed E-state index contributed by atoms with van der Waals surface area (Å²) in [5, 5.41) is 8.86. The van der Waals surface area contributed by atoms with Crippen LogP contribution >= 0.6 is 0 Å². The van der Waals surface area contributed by atoms with Crippen LogP contribution in [0.15, 0.2) is 24.3 Å². The summed E-state index contributed by atoms with van der Waals surface area (Å²) < 4.78 is 0. The van der Waals surface area contributed by atoms with Gasteiger partial charge >= 0.3 is 12.0 Å². The Balaban J connectivity index is 2.65. The number of benzene rings is 1. The van der Waals surface area contributed by atoms with Gasteiger partial charge in [-0.15, -0.1) is 0 Å². The van der Waals surface area contributed by atoms with Gasteiger partial charge in [0.15, 0.2) is 0 Å². The molecule has 5 heteroatoms. The molecule has 0 aliphatic heterocycles. The maximum atomic E-state index is 12.3. The van der Waals surface area contributed by atoms with Crippen molar-refractivity contribution < 1.29 is 14.7 Å². The minimum atomic E-state index is -0.945. The van der Waals surface area contributed by atoms with Gasteiger partial charge in [-0.25, -0.2) is 9.59 Å². The summed E-state index contributed by atoms with van der Waals surface area (Å²) >= 11 is 0. The Morgan fingerprint density at radius 2 is 1.76 bits per heavy atom. The predicted molar refractivity (Wildman–Crippen MR) is 82.4 cm³/mol. The van der Waals surface area contributed by atoms with E-state index in [2.05, 4.69) is 6.92 Å². The van der Waals surface area contributed by atoms with Crippen molar-refractivity contribution in [2.24, 2.45) is 0 Å². The van der Waals surface area contributed by atoms with E-state index in [1.165, 1.54) is 0 Å². The van der Waals surface area contributed by atoms with Crippen LogP contribution in [-0.4, -0.2) is 47.0 Å². The minimum absolute atomic E-state index is 0.0294. The van der Waals surface area contributed by atoms with E-state index < -0.39 is 5.97 Å². The molecule has 21 heavy (non-hydrogen) atoms. The van der Waals surface area contributed by atoms with Gasteiger partial charge in [0.05, 0.1) is 5.56 Å². The molecule has 0 aliphatic rings. The summed E-state index contributed by atoms with van der Waals surface area (Å²) in [6, 6.07) is 6.77. The highest BCUT2D eigenvalue weighted by Gasteiger charge is 2.18. The van der Waals surface area contributed by atoms with Crippen molar-refractivity contribution in [2.75, 3.05) is 14.1 Å². The monoisotopic (exact) mass is 292 g/mol. The van der Waals surface area contributed by atoms with Crippen LogP contribution < -0.4 is 0 Å². The van der Waals surface area contributed by atoms with Crippen LogP contribution in [0.2, 0.25) is 0 Å². The summed E-state index contributed by atoms with van der Waals surface area (Å²) in [5.74, 6) is -0.945. The van der Waals surface area contributed by atoms with Gasteiger partial charge in [0, 0.05) is 26.7 Å². The fourth-order valence-corrected chi connectivity index (χ4v) is 2.16. The molecule has 1 rings (SSSR count). The Labute approximate surface area is 126 Å². The molecule has 0 saturated carbocycles. The van der Waals surface area contributed by atoms with Crippen LogP contribution in [-0.2, 0) is 6.54 Å². The number of hydrogen-bond acceptors (Lipinski definition) is 2. The van der Waals surface area contributed by atoms with Crippen molar-refractivity contribution >= 4 is 12.0 Å². The second-order valence-electron chi connectivity index (χ2n) is 5.39. The topological polar surface area (TPSA) is 60.9 Å². The fourth-order valence-electron chi connectivity index (χ4n) is 2.16. The second-order valence-corrected chi connectivity index (χ2v) is 5.39. The Bertz CT molecular complexity index is 485. The summed E-state index contributed by atoms with van der Waals surface area (Å²) in [5.41, 5.74) is 1.16. The quantitative estimate of drug-likeness (QED) is 0.876. The third-order valence-electron chi connectivity index (χ3n) is 3.62. The average molecular weight is 292 g/mol. The number of carbonyl (C=O) groups excluding carboxylic acids is 1. The first-order chi connectivity index (χ1) is 9.86. The number of amides is 2. The molecule has 0 radical (unpaired) electrons. The zero-order chi connectivity index (χ0) is 16.0. The van der Waals surface area contributed by atoms with Crippen molar-refractivity contribution in [1.29, 1.82) is 0 Å². The smallest absolute Gasteiger partial charge is 0.335 e. The zero-order valence-electron chi connectivity index (χ0n) is 13.2. The van der Waals surface area contributed by atoms with E-state index in [1.54, 1.807) is 41.1 Å². The number of carboxylic acid groups (broad SMARTS) is 1. The highest BCUT2D eigenvalue weighted by Crippen LogP contribution is 2.11. The fraction of sp³-hybridized carbons (Fsp3) is 0.500. The third-order valence-corrected chi connectivity index (χ3v) is 3.62. The number of carboxylic acids is 1. The van der Waals surface area contributed by atoms with Gasteiger partial charge in [0.25, 0.3) is 0 Å². The SMILES string of the molecule is CCCC(C)N(C)C(=O)N(C)Cc1ccc(C(=O)O)cc1. The predicted octanol–water partition coefficient (Wildman–Crippen LogP) is 3.06. The molecule has 116 valence electrons. The normalized spacial score (nSPS) is 11.8. The molecule has 1 aromatic carbocycles. The van der Waals surface area contributed by atoms with E-state index in [0.717, 1.165) is 18.4 Å². The first-order valence-electron chi connectivity index (χ1n) is 7.17. The average Bonchev–Trinajstić information content (AvgIpc) is 2.46. The van der Waals surface area contributed by atoms with E-state index in [4.69, 9.17) is 5.11 Å². The second kappa shape index (κ2) is 7.67. The summed E-state index contributed by atoms with van der Waals surface area (Å²) in [4.78, 5) is 26.5. The Morgan fingerprint density at radius 3 is 2.24 bits per heavy atom. The van der Waals surface area contributed by atoms with E-state index in [9.17, 15) is 9.59 Å². The first-order valence-corrected chi connectivity index (χ1v) is 7.17. The molecule has 1 aromatic rings. The minimum Gasteiger partial charge on any atom is -0.478 e. The number of aromatic carboxylic acids is 1. The van der Waals surface area contributed by atoms with E-state index >= 15 is 0 Å². The molecule has 0 spiro atoms. The molecule has 0 saturated heterocycles. The molecule has 0 aliphatic carbocycles. The van der Waals surface area contributed by atoms with Crippen LogP contribution in [0.5, 0.6) is 0 Å². The van der Waals surface area contributed by atoms with Gasteiger partial charge in [-0.05, 0) is 31.0 Å². The van der Waals surface area contributed by atoms with Crippen molar-refractivity contribution in [3.63, 3.8) is 0 Å². The standard InChI is InChI=1S/C16H24N2O3/c1-5-6-12(2)18(4)16(21)17(3)11-13-7-9-14(10-8-13)15(19)20/h7-10,12H,5-6,11H2,1-4H3,(H,19,20). The van der Waals surface area contributed by atoms with Crippen LogP contribution in [0, 0.1) is 0 Å².